The van der Waals surface area contributed by atoms with E-state index in [1.54, 1.807) is 19.1 Å². The molecule has 0 fully saturated rings. The molecule has 0 radical (unpaired) electrons. The molecule has 0 saturated carbocycles. The number of amides is 1. The van der Waals surface area contributed by atoms with E-state index in [9.17, 15) is 13.2 Å². The largest absolute Gasteiger partial charge is 0.362 e. The molecular formula is C18H23ClN4O5S. The van der Waals surface area contributed by atoms with Crippen molar-refractivity contribution in [1.29, 1.82) is 0 Å². The monoisotopic (exact) mass is 442 g/mol. The molecule has 2 N–H and O–H groups in total. The lowest BCUT2D eigenvalue weighted by atomic mass is 10.1. The van der Waals surface area contributed by atoms with Crippen molar-refractivity contribution in [3.05, 3.63) is 46.7 Å². The minimum atomic E-state index is -3.98. The Hall–Kier alpha value is -2.40. The number of hydrogen-bond acceptors (Lipinski definition) is 7. The van der Waals surface area contributed by atoms with Crippen LogP contribution >= 0.6 is 11.6 Å². The van der Waals surface area contributed by atoms with Crippen LogP contribution in [-0.4, -0.2) is 40.1 Å². The van der Waals surface area contributed by atoms with Gasteiger partial charge in [-0.1, -0.05) is 24.6 Å². The molecule has 0 aliphatic heterocycles. The lowest BCUT2D eigenvalue weighted by Gasteiger charge is -2.23. The summed E-state index contributed by atoms with van der Waals surface area (Å²) in [5.41, 5.74) is 4.49. The quantitative estimate of drug-likeness (QED) is 0.453. The number of aromatic nitrogens is 1. The number of hydroxylamine groups is 1. The molecule has 0 bridgehead atoms. The first-order chi connectivity index (χ1) is 13.7. The van der Waals surface area contributed by atoms with Crippen molar-refractivity contribution in [2.45, 2.75) is 20.3 Å². The van der Waals surface area contributed by atoms with Gasteiger partial charge < -0.3 is 5.32 Å². The van der Waals surface area contributed by atoms with Crippen LogP contribution in [0.1, 0.15) is 29.8 Å². The molecule has 11 heteroatoms. The van der Waals surface area contributed by atoms with Crippen LogP contribution in [0.2, 0.25) is 5.15 Å². The number of nitrogens with one attached hydrogen (secondary N) is 2. The van der Waals surface area contributed by atoms with Gasteiger partial charge in [0.15, 0.2) is 0 Å². The summed E-state index contributed by atoms with van der Waals surface area (Å²) in [6.07, 6.45) is 2.01. The molecular weight excluding hydrogens is 420 g/mol. The second kappa shape index (κ2) is 9.88. The molecule has 1 aromatic carbocycles. The second-order valence-corrected chi connectivity index (χ2v) is 7.96. The average molecular weight is 443 g/mol. The van der Waals surface area contributed by atoms with Crippen LogP contribution in [-0.2, 0) is 25.7 Å². The van der Waals surface area contributed by atoms with Crippen molar-refractivity contribution in [2.24, 2.45) is 0 Å². The van der Waals surface area contributed by atoms with Crippen molar-refractivity contribution in [1.82, 2.24) is 10.5 Å². The minimum absolute atomic E-state index is 0.157. The van der Waals surface area contributed by atoms with E-state index in [0.29, 0.717) is 23.5 Å². The Morgan fingerprint density at radius 1 is 1.24 bits per heavy atom. The highest BCUT2D eigenvalue weighted by Crippen LogP contribution is 2.33. The molecule has 2 aromatic rings. The summed E-state index contributed by atoms with van der Waals surface area (Å²) < 4.78 is 30.1. The molecule has 29 heavy (non-hydrogen) atoms. The lowest BCUT2D eigenvalue weighted by molar-refractivity contribution is 0.0365. The maximum absolute atomic E-state index is 12.4. The Labute approximate surface area is 175 Å². The molecule has 0 spiro atoms. The third-order valence-electron chi connectivity index (χ3n) is 4.05. The lowest BCUT2D eigenvalue weighted by Crippen LogP contribution is -2.28. The van der Waals surface area contributed by atoms with E-state index in [2.05, 4.69) is 20.0 Å². The zero-order valence-electron chi connectivity index (χ0n) is 16.5. The fraction of sp³-hybridized carbons (Fsp3) is 0.333. The standard InChI is InChI=1S/C18H23ClN4O5S/c1-5-12-7-8-14(16(9-12)23(3)29(25,26)27-4)21-15-10-17(19)20-11-13(15)18(24)22-28-6-2/h7-11H,5-6H2,1-4H3,(H,20,21)(H,22,24). The van der Waals surface area contributed by atoms with Gasteiger partial charge in [-0.3, -0.25) is 13.8 Å². The Bertz CT molecular complexity index is 984. The van der Waals surface area contributed by atoms with E-state index >= 15 is 0 Å². The van der Waals surface area contributed by atoms with Gasteiger partial charge in [-0.25, -0.2) is 14.8 Å². The van der Waals surface area contributed by atoms with Crippen molar-refractivity contribution in [2.75, 3.05) is 30.4 Å². The molecule has 0 aliphatic carbocycles. The predicted octanol–water partition coefficient (Wildman–Crippen LogP) is 3.05. The van der Waals surface area contributed by atoms with Crippen LogP contribution in [0.4, 0.5) is 17.1 Å². The van der Waals surface area contributed by atoms with Crippen molar-refractivity contribution in [3.63, 3.8) is 0 Å². The zero-order valence-corrected chi connectivity index (χ0v) is 18.1. The van der Waals surface area contributed by atoms with Gasteiger partial charge in [0.05, 0.1) is 36.3 Å². The van der Waals surface area contributed by atoms with Gasteiger partial charge in [0.25, 0.3) is 5.91 Å². The fourth-order valence-corrected chi connectivity index (χ4v) is 3.22. The highest BCUT2D eigenvalue weighted by molar-refractivity contribution is 7.88. The molecule has 0 unspecified atom stereocenters. The summed E-state index contributed by atoms with van der Waals surface area (Å²) >= 11 is 6.00. The van der Waals surface area contributed by atoms with Crippen molar-refractivity contribution >= 4 is 44.9 Å². The Morgan fingerprint density at radius 2 is 1.97 bits per heavy atom. The van der Waals surface area contributed by atoms with Gasteiger partial charge in [0, 0.05) is 13.2 Å². The summed E-state index contributed by atoms with van der Waals surface area (Å²) in [5.74, 6) is -0.525. The number of aryl methyl sites for hydroxylation is 1. The molecule has 1 amide bonds. The van der Waals surface area contributed by atoms with E-state index < -0.39 is 16.2 Å². The van der Waals surface area contributed by atoms with E-state index in [1.807, 2.05) is 13.0 Å². The van der Waals surface area contributed by atoms with Crippen LogP contribution in [0.25, 0.3) is 0 Å². The number of nitrogens with zero attached hydrogens (tertiary/aromatic N) is 2. The Morgan fingerprint density at radius 3 is 2.59 bits per heavy atom. The smallest absolute Gasteiger partial charge is 0.353 e. The zero-order chi connectivity index (χ0) is 21.6. The predicted molar refractivity (Wildman–Crippen MR) is 112 cm³/mol. The van der Waals surface area contributed by atoms with Gasteiger partial charge in [0.1, 0.15) is 5.15 Å². The number of rotatable bonds is 9. The minimum Gasteiger partial charge on any atom is -0.353 e. The summed E-state index contributed by atoms with van der Waals surface area (Å²) in [6.45, 7) is 3.97. The summed E-state index contributed by atoms with van der Waals surface area (Å²) in [6, 6.07) is 6.75. The maximum atomic E-state index is 12.4. The van der Waals surface area contributed by atoms with Crippen molar-refractivity contribution < 1.29 is 22.2 Å². The summed E-state index contributed by atoms with van der Waals surface area (Å²) in [5, 5.41) is 3.22. The molecule has 9 nitrogen and oxygen atoms in total. The first-order valence-corrected chi connectivity index (χ1v) is 10.5. The van der Waals surface area contributed by atoms with Crippen molar-refractivity contribution in [3.8, 4) is 0 Å². The molecule has 0 aliphatic rings. The molecule has 1 aromatic heterocycles. The normalized spacial score (nSPS) is 11.2. The van der Waals surface area contributed by atoms with Crippen LogP contribution in [0, 0.1) is 0 Å². The Balaban J connectivity index is 2.52. The highest BCUT2D eigenvalue weighted by atomic mass is 35.5. The van der Waals surface area contributed by atoms with E-state index in [-0.39, 0.29) is 17.3 Å². The fourth-order valence-electron chi connectivity index (χ4n) is 2.45. The van der Waals surface area contributed by atoms with Gasteiger partial charge in [0.2, 0.25) is 0 Å². The second-order valence-electron chi connectivity index (χ2n) is 5.84. The Kier molecular flexibility index (Phi) is 7.80. The van der Waals surface area contributed by atoms with Gasteiger partial charge in [-0.2, -0.15) is 8.42 Å². The SMILES string of the molecule is CCONC(=O)c1cnc(Cl)cc1Nc1ccc(CC)cc1N(C)S(=O)(=O)OC. The van der Waals surface area contributed by atoms with Crippen LogP contribution < -0.4 is 15.1 Å². The molecule has 158 valence electrons. The van der Waals surface area contributed by atoms with Gasteiger partial charge in [-0.05, 0) is 37.1 Å². The van der Waals surface area contributed by atoms with Gasteiger partial charge in [-0.15, -0.1) is 0 Å². The number of halogens is 1. The topological polar surface area (TPSA) is 110 Å². The number of benzene rings is 1. The maximum Gasteiger partial charge on any atom is 0.362 e. The third kappa shape index (κ3) is 5.57. The number of carbonyl (C=O) groups is 1. The van der Waals surface area contributed by atoms with E-state index in [4.69, 9.17) is 16.4 Å². The van der Waals surface area contributed by atoms with Crippen LogP contribution in [0.3, 0.4) is 0 Å². The number of carbonyl (C=O) groups excluding carboxylic acids is 1. The average Bonchev–Trinajstić information content (AvgIpc) is 2.71. The first-order valence-electron chi connectivity index (χ1n) is 8.75. The third-order valence-corrected chi connectivity index (χ3v) is 5.54. The van der Waals surface area contributed by atoms with Crippen LogP contribution in [0.15, 0.2) is 30.5 Å². The highest BCUT2D eigenvalue weighted by Gasteiger charge is 2.22. The van der Waals surface area contributed by atoms with E-state index in [0.717, 1.165) is 17.0 Å². The first kappa shape index (κ1) is 22.9. The van der Waals surface area contributed by atoms with E-state index in [1.165, 1.54) is 19.3 Å². The summed E-state index contributed by atoms with van der Waals surface area (Å²) in [7, 11) is -1.52. The number of pyridine rings is 1. The number of hydrogen-bond donors (Lipinski definition) is 2. The summed E-state index contributed by atoms with van der Waals surface area (Å²) in [4.78, 5) is 21.2. The molecule has 0 saturated heterocycles. The molecule has 2 rings (SSSR count). The number of anilines is 3. The molecule has 0 atom stereocenters. The molecule has 1 heterocycles. The van der Waals surface area contributed by atoms with Gasteiger partial charge >= 0.3 is 10.3 Å². The van der Waals surface area contributed by atoms with Crippen LogP contribution in [0.5, 0.6) is 0 Å².